The second kappa shape index (κ2) is 9.64. The monoisotopic (exact) mass is 335 g/mol. The van der Waals surface area contributed by atoms with Crippen LogP contribution < -0.4 is 4.74 Å². The third-order valence-corrected chi connectivity index (χ3v) is 4.00. The zero-order valence-corrected chi connectivity index (χ0v) is 15.0. The van der Waals surface area contributed by atoms with Crippen molar-refractivity contribution in [3.8, 4) is 5.75 Å². The van der Waals surface area contributed by atoms with Gasteiger partial charge in [-0.3, -0.25) is 4.79 Å². The van der Waals surface area contributed by atoms with E-state index in [1.807, 2.05) is 29.2 Å². The molecule has 1 amide bonds. The summed E-state index contributed by atoms with van der Waals surface area (Å²) in [5.74, 6) is 1.01. The highest BCUT2D eigenvalue weighted by Crippen LogP contribution is 2.22. The molecule has 1 unspecified atom stereocenters. The summed E-state index contributed by atoms with van der Waals surface area (Å²) in [5.41, 5.74) is 0.604. The van der Waals surface area contributed by atoms with Crippen molar-refractivity contribution in [3.05, 3.63) is 29.8 Å². The Kier molecular flexibility index (Phi) is 7.53. The molecular formula is C19H29NO4. The van der Waals surface area contributed by atoms with Crippen LogP contribution in [-0.2, 0) is 9.47 Å². The van der Waals surface area contributed by atoms with Gasteiger partial charge in [-0.25, -0.2) is 0 Å². The summed E-state index contributed by atoms with van der Waals surface area (Å²) in [6.45, 7) is 7.30. The predicted molar refractivity (Wildman–Crippen MR) is 93.5 cm³/mol. The van der Waals surface area contributed by atoms with Crippen LogP contribution in [0.25, 0.3) is 0 Å². The normalized spacial score (nSPS) is 17.2. The number of methoxy groups -OCH3 is 1. The van der Waals surface area contributed by atoms with Crippen molar-refractivity contribution < 1.29 is 19.0 Å². The second-order valence-corrected chi connectivity index (χ2v) is 6.58. The van der Waals surface area contributed by atoms with E-state index in [0.29, 0.717) is 43.5 Å². The largest absolute Gasteiger partial charge is 0.490 e. The number of rotatable bonds is 9. The van der Waals surface area contributed by atoms with Gasteiger partial charge >= 0.3 is 0 Å². The second-order valence-electron chi connectivity index (χ2n) is 6.58. The number of hydrogen-bond donors (Lipinski definition) is 0. The van der Waals surface area contributed by atoms with Crippen LogP contribution >= 0.6 is 0 Å². The molecule has 0 radical (unpaired) electrons. The number of carbonyl (C=O) groups is 1. The van der Waals surface area contributed by atoms with Crippen LogP contribution in [0.4, 0.5) is 0 Å². The van der Waals surface area contributed by atoms with Gasteiger partial charge in [-0.15, -0.1) is 0 Å². The molecule has 1 aromatic carbocycles. The topological polar surface area (TPSA) is 48.0 Å². The lowest BCUT2D eigenvalue weighted by molar-refractivity contribution is 0.0621. The summed E-state index contributed by atoms with van der Waals surface area (Å²) >= 11 is 0. The van der Waals surface area contributed by atoms with E-state index >= 15 is 0 Å². The highest BCUT2D eigenvalue weighted by Gasteiger charge is 2.22. The Balaban J connectivity index is 2.07. The van der Waals surface area contributed by atoms with Crippen molar-refractivity contribution in [3.63, 3.8) is 0 Å². The fourth-order valence-corrected chi connectivity index (χ4v) is 2.82. The highest BCUT2D eigenvalue weighted by molar-refractivity contribution is 5.97. The van der Waals surface area contributed by atoms with Crippen LogP contribution in [0.15, 0.2) is 24.3 Å². The first-order valence-electron chi connectivity index (χ1n) is 8.73. The zero-order valence-electron chi connectivity index (χ0n) is 15.0. The maximum absolute atomic E-state index is 13.0. The van der Waals surface area contributed by atoms with Crippen molar-refractivity contribution in [2.75, 3.05) is 40.0 Å². The van der Waals surface area contributed by atoms with Crippen molar-refractivity contribution in [2.24, 2.45) is 5.92 Å². The fraction of sp³-hybridized carbons (Fsp3) is 0.632. The van der Waals surface area contributed by atoms with E-state index in [1.165, 1.54) is 0 Å². The van der Waals surface area contributed by atoms with Crippen molar-refractivity contribution in [2.45, 2.75) is 32.8 Å². The van der Waals surface area contributed by atoms with E-state index in [2.05, 4.69) is 13.8 Å². The van der Waals surface area contributed by atoms with Crippen LogP contribution in [0.2, 0.25) is 0 Å². The smallest absolute Gasteiger partial charge is 0.257 e. The summed E-state index contributed by atoms with van der Waals surface area (Å²) in [6.07, 6.45) is 2.23. The Morgan fingerprint density at radius 3 is 2.83 bits per heavy atom. The van der Waals surface area contributed by atoms with Crippen LogP contribution in [0.5, 0.6) is 5.75 Å². The molecule has 1 atom stereocenters. The first-order valence-corrected chi connectivity index (χ1v) is 8.73. The number of ether oxygens (including phenoxy) is 3. The minimum Gasteiger partial charge on any atom is -0.490 e. The minimum atomic E-state index is -0.0105. The molecule has 134 valence electrons. The predicted octanol–water partition coefficient (Wildman–Crippen LogP) is 2.99. The molecule has 0 bridgehead atoms. The van der Waals surface area contributed by atoms with Crippen LogP contribution in [0.1, 0.15) is 37.0 Å². The lowest BCUT2D eigenvalue weighted by Crippen LogP contribution is -2.37. The summed E-state index contributed by atoms with van der Waals surface area (Å²) < 4.78 is 16.6. The van der Waals surface area contributed by atoms with Gasteiger partial charge in [-0.05, 0) is 30.9 Å². The molecule has 5 nitrogen and oxygen atoms in total. The van der Waals surface area contributed by atoms with E-state index < -0.39 is 0 Å². The summed E-state index contributed by atoms with van der Waals surface area (Å²) in [6, 6.07) is 7.44. The average molecular weight is 335 g/mol. The van der Waals surface area contributed by atoms with Gasteiger partial charge in [0.25, 0.3) is 5.91 Å². The molecule has 5 heteroatoms. The first-order chi connectivity index (χ1) is 11.6. The molecule has 1 saturated heterocycles. The molecule has 24 heavy (non-hydrogen) atoms. The van der Waals surface area contributed by atoms with Gasteiger partial charge in [-0.2, -0.15) is 0 Å². The maximum Gasteiger partial charge on any atom is 0.257 e. The van der Waals surface area contributed by atoms with Crippen LogP contribution in [-0.4, -0.2) is 56.9 Å². The van der Waals surface area contributed by atoms with Crippen molar-refractivity contribution in [1.82, 2.24) is 4.90 Å². The molecule has 0 N–H and O–H groups in total. The molecule has 1 aliphatic rings. The van der Waals surface area contributed by atoms with Gasteiger partial charge in [0.2, 0.25) is 0 Å². The Morgan fingerprint density at radius 2 is 2.17 bits per heavy atom. The van der Waals surface area contributed by atoms with E-state index in [4.69, 9.17) is 14.2 Å². The van der Waals surface area contributed by atoms with E-state index in [-0.39, 0.29) is 12.0 Å². The van der Waals surface area contributed by atoms with Crippen LogP contribution in [0.3, 0.4) is 0 Å². The molecule has 1 aromatic rings. The highest BCUT2D eigenvalue weighted by atomic mass is 16.5. The molecule has 0 aromatic heterocycles. The van der Waals surface area contributed by atoms with Gasteiger partial charge in [0.05, 0.1) is 18.3 Å². The summed E-state index contributed by atoms with van der Waals surface area (Å²) in [5, 5.41) is 0. The molecule has 2 rings (SSSR count). The molecule has 1 fully saturated rings. The van der Waals surface area contributed by atoms with E-state index in [1.54, 1.807) is 7.11 Å². The van der Waals surface area contributed by atoms with Crippen molar-refractivity contribution in [1.29, 1.82) is 0 Å². The lowest BCUT2D eigenvalue weighted by atomic mass is 10.1. The summed E-state index contributed by atoms with van der Waals surface area (Å²) in [4.78, 5) is 14.8. The Morgan fingerprint density at radius 1 is 1.38 bits per heavy atom. The van der Waals surface area contributed by atoms with Gasteiger partial charge in [0.15, 0.2) is 0 Å². The number of benzene rings is 1. The fourth-order valence-electron chi connectivity index (χ4n) is 2.82. The van der Waals surface area contributed by atoms with E-state index in [9.17, 15) is 4.79 Å². The number of hydrogen-bond acceptors (Lipinski definition) is 4. The number of carbonyl (C=O) groups excluding carboxylic acids is 1. The zero-order chi connectivity index (χ0) is 17.4. The van der Waals surface area contributed by atoms with Crippen molar-refractivity contribution >= 4 is 5.91 Å². The molecule has 0 spiro atoms. The third kappa shape index (κ3) is 5.49. The number of amides is 1. The standard InChI is InChI=1S/C19H29NO4/c1-15(2)13-20(10-12-22-3)19(21)17-8-4-5-9-18(17)24-14-16-7-6-11-23-16/h4-5,8-9,15-16H,6-7,10-14H2,1-3H3. The lowest BCUT2D eigenvalue weighted by Gasteiger charge is -2.25. The van der Waals surface area contributed by atoms with Gasteiger partial charge in [0.1, 0.15) is 12.4 Å². The average Bonchev–Trinajstić information content (AvgIpc) is 3.09. The molecule has 0 aliphatic carbocycles. The molecule has 1 heterocycles. The van der Waals surface area contributed by atoms with Gasteiger partial charge in [-0.1, -0.05) is 26.0 Å². The van der Waals surface area contributed by atoms with Crippen LogP contribution in [0, 0.1) is 5.92 Å². The number of nitrogens with zero attached hydrogens (tertiary/aromatic N) is 1. The summed E-state index contributed by atoms with van der Waals surface area (Å²) in [7, 11) is 1.65. The maximum atomic E-state index is 13.0. The quantitative estimate of drug-likeness (QED) is 0.696. The molecule has 0 saturated carbocycles. The minimum absolute atomic E-state index is 0.0105. The van der Waals surface area contributed by atoms with E-state index in [0.717, 1.165) is 19.4 Å². The molecule has 1 aliphatic heterocycles. The Bertz CT molecular complexity index is 512. The first kappa shape index (κ1) is 18.7. The number of para-hydroxylation sites is 1. The van der Waals surface area contributed by atoms with Gasteiger partial charge < -0.3 is 19.1 Å². The van der Waals surface area contributed by atoms with Gasteiger partial charge in [0, 0.05) is 26.8 Å². The third-order valence-electron chi connectivity index (χ3n) is 4.00. The molecular weight excluding hydrogens is 306 g/mol. The Hall–Kier alpha value is -1.59. The SMILES string of the molecule is COCCN(CC(C)C)C(=O)c1ccccc1OCC1CCCO1. The Labute approximate surface area is 144 Å².